The smallest absolute Gasteiger partial charge is 0.321 e. The van der Waals surface area contributed by atoms with E-state index in [1.807, 2.05) is 30.3 Å². The van der Waals surface area contributed by atoms with Crippen molar-refractivity contribution < 1.29 is 19.2 Å². The van der Waals surface area contributed by atoms with Crippen LogP contribution in [-0.2, 0) is 16.1 Å². The number of nitrogens with one attached hydrogen (secondary N) is 3. The minimum absolute atomic E-state index is 0.0796. The van der Waals surface area contributed by atoms with Crippen molar-refractivity contribution in [1.29, 1.82) is 0 Å². The number of carbonyl (C=O) groups is 2. The maximum Gasteiger partial charge on any atom is 0.321 e. The van der Waals surface area contributed by atoms with E-state index >= 15 is 0 Å². The van der Waals surface area contributed by atoms with Crippen LogP contribution in [-0.4, -0.2) is 23.1 Å². The van der Waals surface area contributed by atoms with Gasteiger partial charge in [0.15, 0.2) is 6.23 Å². The van der Waals surface area contributed by atoms with Gasteiger partial charge in [-0.25, -0.2) is 4.79 Å². The highest BCUT2D eigenvalue weighted by atomic mass is 16.6. The second-order valence-corrected chi connectivity index (χ2v) is 6.07. The fourth-order valence-electron chi connectivity index (χ4n) is 2.69. The lowest BCUT2D eigenvalue weighted by molar-refractivity contribution is -0.384. The second kappa shape index (κ2) is 8.31. The number of nitro benzene ring substituents is 1. The van der Waals surface area contributed by atoms with Crippen LogP contribution >= 0.6 is 0 Å². The number of nitrogens with zero attached hydrogens (tertiary/aromatic N) is 1. The summed E-state index contributed by atoms with van der Waals surface area (Å²) < 4.78 is 5.75. The van der Waals surface area contributed by atoms with Crippen LogP contribution in [0, 0.1) is 10.1 Å². The van der Waals surface area contributed by atoms with Gasteiger partial charge in [-0.3, -0.25) is 14.9 Å². The van der Waals surface area contributed by atoms with Crippen molar-refractivity contribution in [2.45, 2.75) is 19.8 Å². The Hall–Kier alpha value is -3.72. The Bertz CT molecular complexity index is 925. The van der Waals surface area contributed by atoms with Crippen LogP contribution in [0.15, 0.2) is 65.9 Å². The Kier molecular flexibility index (Phi) is 5.66. The molecule has 1 atom stereocenters. The highest BCUT2D eigenvalue weighted by molar-refractivity contribution is 6.06. The number of ether oxygens (including phenoxy) is 1. The van der Waals surface area contributed by atoms with Gasteiger partial charge < -0.3 is 20.7 Å². The zero-order valence-corrected chi connectivity index (χ0v) is 15.0. The van der Waals surface area contributed by atoms with E-state index in [4.69, 9.17) is 4.74 Å². The van der Waals surface area contributed by atoms with Crippen LogP contribution in [0.2, 0.25) is 0 Å². The van der Waals surface area contributed by atoms with Crippen LogP contribution in [0.4, 0.5) is 16.2 Å². The quantitative estimate of drug-likeness (QED) is 0.524. The van der Waals surface area contributed by atoms with Crippen molar-refractivity contribution in [1.82, 2.24) is 10.6 Å². The maximum absolute atomic E-state index is 12.8. The molecule has 0 aromatic heterocycles. The van der Waals surface area contributed by atoms with E-state index in [9.17, 15) is 19.7 Å². The number of hydrogen-bond acceptors (Lipinski definition) is 5. The Labute approximate surface area is 160 Å². The lowest BCUT2D eigenvalue weighted by Crippen LogP contribution is -2.51. The number of amides is 3. The van der Waals surface area contributed by atoms with Gasteiger partial charge in [-0.15, -0.1) is 0 Å². The number of allylic oxidation sites excluding steroid dienone is 1. The van der Waals surface area contributed by atoms with Crippen LogP contribution < -0.4 is 16.0 Å². The first kappa shape index (κ1) is 19.1. The molecule has 0 fully saturated rings. The number of hydrogen-bond donors (Lipinski definition) is 3. The molecular formula is C19H18N4O5. The third-order valence-corrected chi connectivity index (χ3v) is 4.07. The number of non-ortho nitro benzene ring substituents is 1. The number of urea groups is 1. The number of nitro groups is 1. The standard InChI is InChI=1S/C19H18N4O5/c1-12-16(17(24)21-14-7-9-15(10-8-14)23(26)27)18(22-19(25)20-12)28-11-13-5-3-2-4-6-13/h2-10,18H,11H2,1H3,(H,21,24)(H2,20,22,25). The summed E-state index contributed by atoms with van der Waals surface area (Å²) in [5.41, 5.74) is 1.77. The van der Waals surface area contributed by atoms with Gasteiger partial charge in [0.05, 0.1) is 17.1 Å². The average Bonchev–Trinajstić information content (AvgIpc) is 2.67. The summed E-state index contributed by atoms with van der Waals surface area (Å²) in [6.07, 6.45) is -0.938. The molecule has 2 aromatic carbocycles. The van der Waals surface area contributed by atoms with Gasteiger partial charge in [-0.1, -0.05) is 30.3 Å². The topological polar surface area (TPSA) is 123 Å². The Balaban J connectivity index is 1.75. The van der Waals surface area contributed by atoms with Gasteiger partial charge in [-0.05, 0) is 24.6 Å². The van der Waals surface area contributed by atoms with Crippen molar-refractivity contribution in [2.75, 3.05) is 5.32 Å². The molecule has 1 heterocycles. The van der Waals surface area contributed by atoms with Gasteiger partial charge in [-0.2, -0.15) is 0 Å². The minimum atomic E-state index is -0.938. The molecule has 0 aliphatic carbocycles. The predicted octanol–water partition coefficient (Wildman–Crippen LogP) is 2.66. The van der Waals surface area contributed by atoms with E-state index in [0.29, 0.717) is 11.4 Å². The summed E-state index contributed by atoms with van der Waals surface area (Å²) in [6.45, 7) is 1.80. The zero-order valence-electron chi connectivity index (χ0n) is 15.0. The van der Waals surface area contributed by atoms with Crippen molar-refractivity contribution >= 4 is 23.3 Å². The van der Waals surface area contributed by atoms with E-state index in [0.717, 1.165) is 5.56 Å². The normalized spacial score (nSPS) is 16.2. The summed E-state index contributed by atoms with van der Waals surface area (Å²) in [4.78, 5) is 34.8. The lowest BCUT2D eigenvalue weighted by Gasteiger charge is -2.28. The summed E-state index contributed by atoms with van der Waals surface area (Å²) in [5.74, 6) is -0.489. The first-order valence-electron chi connectivity index (χ1n) is 8.43. The van der Waals surface area contributed by atoms with Crippen LogP contribution in [0.25, 0.3) is 0 Å². The predicted molar refractivity (Wildman–Crippen MR) is 101 cm³/mol. The summed E-state index contributed by atoms with van der Waals surface area (Å²) in [6, 6.07) is 14.3. The molecule has 9 nitrogen and oxygen atoms in total. The van der Waals surface area contributed by atoms with Gasteiger partial charge in [0.25, 0.3) is 11.6 Å². The monoisotopic (exact) mass is 382 g/mol. The van der Waals surface area contributed by atoms with E-state index in [-0.39, 0.29) is 17.9 Å². The van der Waals surface area contributed by atoms with Crippen LogP contribution in [0.1, 0.15) is 12.5 Å². The Morgan fingerprint density at radius 1 is 1.18 bits per heavy atom. The lowest BCUT2D eigenvalue weighted by atomic mass is 10.1. The van der Waals surface area contributed by atoms with Crippen molar-refractivity contribution in [2.24, 2.45) is 0 Å². The van der Waals surface area contributed by atoms with Gasteiger partial charge >= 0.3 is 6.03 Å². The van der Waals surface area contributed by atoms with E-state index < -0.39 is 23.1 Å². The number of rotatable bonds is 6. The third kappa shape index (κ3) is 4.51. The van der Waals surface area contributed by atoms with Gasteiger partial charge in [0.2, 0.25) is 0 Å². The molecule has 144 valence electrons. The van der Waals surface area contributed by atoms with Crippen molar-refractivity contribution in [3.8, 4) is 0 Å². The molecule has 0 saturated carbocycles. The molecule has 9 heteroatoms. The van der Waals surface area contributed by atoms with Gasteiger partial charge in [0.1, 0.15) is 0 Å². The molecule has 0 bridgehead atoms. The van der Waals surface area contributed by atoms with Crippen molar-refractivity contribution in [3.63, 3.8) is 0 Å². The zero-order chi connectivity index (χ0) is 20.1. The molecule has 0 saturated heterocycles. The number of anilines is 1. The molecule has 0 spiro atoms. The number of benzene rings is 2. The largest absolute Gasteiger partial charge is 0.349 e. The Morgan fingerprint density at radius 2 is 1.86 bits per heavy atom. The van der Waals surface area contributed by atoms with Crippen LogP contribution in [0.5, 0.6) is 0 Å². The molecule has 1 unspecified atom stereocenters. The Morgan fingerprint density at radius 3 is 2.50 bits per heavy atom. The summed E-state index contributed by atoms with van der Waals surface area (Å²) in [5, 5.41) is 18.5. The van der Waals surface area contributed by atoms with E-state index in [1.54, 1.807) is 6.92 Å². The summed E-state index contributed by atoms with van der Waals surface area (Å²) >= 11 is 0. The highest BCUT2D eigenvalue weighted by Crippen LogP contribution is 2.20. The molecule has 28 heavy (non-hydrogen) atoms. The van der Waals surface area contributed by atoms with Crippen LogP contribution in [0.3, 0.4) is 0 Å². The fourth-order valence-corrected chi connectivity index (χ4v) is 2.69. The molecule has 3 amide bonds. The molecule has 3 rings (SSSR count). The highest BCUT2D eigenvalue weighted by Gasteiger charge is 2.30. The first-order chi connectivity index (χ1) is 13.4. The third-order valence-electron chi connectivity index (χ3n) is 4.07. The van der Waals surface area contributed by atoms with Gasteiger partial charge in [0, 0.05) is 23.5 Å². The van der Waals surface area contributed by atoms with E-state index in [2.05, 4.69) is 16.0 Å². The van der Waals surface area contributed by atoms with E-state index in [1.165, 1.54) is 24.3 Å². The first-order valence-corrected chi connectivity index (χ1v) is 8.43. The fraction of sp³-hybridized carbons (Fsp3) is 0.158. The average molecular weight is 382 g/mol. The molecule has 3 N–H and O–H groups in total. The second-order valence-electron chi connectivity index (χ2n) is 6.07. The number of carbonyl (C=O) groups excluding carboxylic acids is 2. The SMILES string of the molecule is CC1=C(C(=O)Nc2ccc([N+](=O)[O-])cc2)C(OCc2ccccc2)NC(=O)N1. The van der Waals surface area contributed by atoms with Crippen molar-refractivity contribution in [3.05, 3.63) is 81.5 Å². The molecule has 2 aromatic rings. The minimum Gasteiger partial charge on any atom is -0.349 e. The molecule has 1 aliphatic heterocycles. The molecule has 1 aliphatic rings. The maximum atomic E-state index is 12.8. The molecule has 0 radical (unpaired) electrons. The summed E-state index contributed by atoms with van der Waals surface area (Å²) in [7, 11) is 0. The molecular weight excluding hydrogens is 364 g/mol.